The summed E-state index contributed by atoms with van der Waals surface area (Å²) in [4.78, 5) is 9.29. The van der Waals surface area contributed by atoms with Crippen molar-refractivity contribution in [1.29, 1.82) is 0 Å². The maximum atomic E-state index is 11.6. The lowest BCUT2D eigenvalue weighted by atomic mass is 10.3. The summed E-state index contributed by atoms with van der Waals surface area (Å²) in [5.41, 5.74) is 1.56. The van der Waals surface area contributed by atoms with Gasteiger partial charge in [-0.25, -0.2) is 23.5 Å². The van der Waals surface area contributed by atoms with E-state index in [0.717, 1.165) is 41.7 Å². The Balaban J connectivity index is 1.62. The number of nitrogens with one attached hydrogen (secondary N) is 1. The molecule has 1 aliphatic rings. The molecule has 10 heteroatoms. The standard InChI is InChI=1S/C17H22N6O2S2/c1-2-3-8-23-14-7-6-12(27(18,24)25)9-13(14)19-15(23)10-26-17-20-16(21-22-17)11-4-5-11/h6-7,9,11H,2-5,8,10H2,1H3,(H2,18,24,25)(H,20,21,22). The van der Waals surface area contributed by atoms with Gasteiger partial charge in [-0.2, -0.15) is 0 Å². The van der Waals surface area contributed by atoms with Gasteiger partial charge in [0.15, 0.2) is 0 Å². The summed E-state index contributed by atoms with van der Waals surface area (Å²) in [5.74, 6) is 3.01. The lowest BCUT2D eigenvalue weighted by molar-refractivity contribution is 0.598. The Bertz CT molecular complexity index is 1070. The monoisotopic (exact) mass is 406 g/mol. The Kier molecular flexibility index (Phi) is 4.95. The lowest BCUT2D eigenvalue weighted by Gasteiger charge is -2.08. The number of H-pyrrole nitrogens is 1. The first kappa shape index (κ1) is 18.5. The molecule has 0 spiro atoms. The van der Waals surface area contributed by atoms with Gasteiger partial charge in [-0.1, -0.05) is 25.1 Å². The van der Waals surface area contributed by atoms with Gasteiger partial charge in [0.25, 0.3) is 0 Å². The molecule has 0 radical (unpaired) electrons. The van der Waals surface area contributed by atoms with Crippen molar-refractivity contribution in [3.05, 3.63) is 29.8 Å². The number of imidazole rings is 1. The van der Waals surface area contributed by atoms with E-state index in [1.54, 1.807) is 12.1 Å². The number of fused-ring (bicyclic) bond motifs is 1. The van der Waals surface area contributed by atoms with Gasteiger partial charge in [0.2, 0.25) is 15.2 Å². The summed E-state index contributed by atoms with van der Waals surface area (Å²) in [6.07, 6.45) is 4.44. The third-order valence-electron chi connectivity index (χ3n) is 4.64. The molecule has 8 nitrogen and oxygen atoms in total. The molecule has 3 N–H and O–H groups in total. The van der Waals surface area contributed by atoms with E-state index >= 15 is 0 Å². The van der Waals surface area contributed by atoms with E-state index in [4.69, 9.17) is 5.14 Å². The van der Waals surface area contributed by atoms with Gasteiger partial charge in [0.1, 0.15) is 11.6 Å². The predicted molar refractivity (Wildman–Crippen MR) is 104 cm³/mol. The van der Waals surface area contributed by atoms with Crippen molar-refractivity contribution in [1.82, 2.24) is 24.7 Å². The number of sulfonamides is 1. The zero-order valence-electron chi connectivity index (χ0n) is 15.1. The number of hydrogen-bond acceptors (Lipinski definition) is 6. The molecule has 2 heterocycles. The molecule has 0 atom stereocenters. The van der Waals surface area contributed by atoms with Crippen molar-refractivity contribution in [3.8, 4) is 0 Å². The van der Waals surface area contributed by atoms with Crippen molar-refractivity contribution in [2.45, 2.75) is 60.9 Å². The summed E-state index contributed by atoms with van der Waals surface area (Å²) < 4.78 is 25.4. The van der Waals surface area contributed by atoms with E-state index < -0.39 is 10.0 Å². The van der Waals surface area contributed by atoms with Crippen molar-refractivity contribution in [2.75, 3.05) is 0 Å². The molecule has 1 aromatic carbocycles. The van der Waals surface area contributed by atoms with Crippen LogP contribution in [-0.2, 0) is 22.3 Å². The van der Waals surface area contributed by atoms with Gasteiger partial charge in [-0.3, -0.25) is 5.10 Å². The maximum Gasteiger partial charge on any atom is 0.238 e. The molecule has 1 saturated carbocycles. The van der Waals surface area contributed by atoms with Crippen LogP contribution in [0.5, 0.6) is 0 Å². The Morgan fingerprint density at radius 1 is 1.33 bits per heavy atom. The van der Waals surface area contributed by atoms with Crippen LogP contribution in [0.3, 0.4) is 0 Å². The van der Waals surface area contributed by atoms with Gasteiger partial charge in [0.05, 0.1) is 21.7 Å². The Labute approximate surface area is 162 Å². The van der Waals surface area contributed by atoms with Crippen LogP contribution >= 0.6 is 11.8 Å². The Hall–Kier alpha value is -1.91. The molecular formula is C17H22N6O2S2. The summed E-state index contributed by atoms with van der Waals surface area (Å²) in [7, 11) is -3.75. The molecule has 0 saturated heterocycles. The predicted octanol–water partition coefficient (Wildman–Crippen LogP) is 2.77. The highest BCUT2D eigenvalue weighted by Crippen LogP contribution is 2.38. The number of nitrogens with two attached hydrogens (primary N) is 1. The zero-order chi connectivity index (χ0) is 19.0. The van der Waals surface area contributed by atoms with Crippen LogP contribution in [0.25, 0.3) is 11.0 Å². The fourth-order valence-electron chi connectivity index (χ4n) is 3.00. The number of benzene rings is 1. The number of aromatic nitrogens is 5. The SMILES string of the molecule is CCCCn1c(CSc2n[nH]c(C3CC3)n2)nc2cc(S(N)(=O)=O)ccc21. The number of primary sulfonamides is 1. The summed E-state index contributed by atoms with van der Waals surface area (Å²) in [6, 6.07) is 4.86. The molecule has 0 unspecified atom stereocenters. The van der Waals surface area contributed by atoms with E-state index in [9.17, 15) is 8.42 Å². The second kappa shape index (κ2) is 7.25. The fourth-order valence-corrected chi connectivity index (χ4v) is 4.29. The van der Waals surface area contributed by atoms with Gasteiger partial charge in [-0.15, -0.1) is 5.10 Å². The van der Waals surface area contributed by atoms with Crippen LogP contribution in [0.2, 0.25) is 0 Å². The van der Waals surface area contributed by atoms with Crippen molar-refractivity contribution in [3.63, 3.8) is 0 Å². The largest absolute Gasteiger partial charge is 0.327 e. The van der Waals surface area contributed by atoms with E-state index in [-0.39, 0.29) is 4.90 Å². The number of rotatable bonds is 8. The summed E-state index contributed by atoms with van der Waals surface area (Å²) in [5, 5.41) is 13.3. The van der Waals surface area contributed by atoms with Crippen LogP contribution in [-0.4, -0.2) is 33.2 Å². The van der Waals surface area contributed by atoms with Crippen LogP contribution in [0.1, 0.15) is 50.2 Å². The van der Waals surface area contributed by atoms with Crippen LogP contribution in [0, 0.1) is 0 Å². The third kappa shape index (κ3) is 4.02. The minimum atomic E-state index is -3.75. The molecule has 144 valence electrons. The van der Waals surface area contributed by atoms with E-state index in [1.165, 1.54) is 30.7 Å². The average molecular weight is 407 g/mol. The summed E-state index contributed by atoms with van der Waals surface area (Å²) >= 11 is 1.53. The van der Waals surface area contributed by atoms with E-state index in [1.807, 2.05) is 0 Å². The molecule has 1 fully saturated rings. The number of thioether (sulfide) groups is 1. The van der Waals surface area contributed by atoms with Gasteiger partial charge < -0.3 is 4.57 Å². The average Bonchev–Trinajstić information content (AvgIpc) is 3.27. The second-order valence-corrected chi connectivity index (χ2v) is 9.30. The number of hydrogen-bond donors (Lipinski definition) is 2. The van der Waals surface area contributed by atoms with E-state index in [2.05, 4.69) is 31.7 Å². The van der Waals surface area contributed by atoms with Crippen molar-refractivity contribution in [2.24, 2.45) is 5.14 Å². The molecule has 3 aromatic rings. The molecule has 0 amide bonds. The second-order valence-electron chi connectivity index (χ2n) is 6.79. The molecule has 0 aliphatic heterocycles. The normalized spacial score (nSPS) is 14.9. The quantitative estimate of drug-likeness (QED) is 0.555. The topological polar surface area (TPSA) is 120 Å². The van der Waals surface area contributed by atoms with Gasteiger partial charge in [0, 0.05) is 12.5 Å². The van der Waals surface area contributed by atoms with Crippen LogP contribution in [0.15, 0.2) is 28.3 Å². The first-order valence-electron chi connectivity index (χ1n) is 9.02. The lowest BCUT2D eigenvalue weighted by Crippen LogP contribution is -2.11. The van der Waals surface area contributed by atoms with Gasteiger partial charge >= 0.3 is 0 Å². The zero-order valence-corrected chi connectivity index (χ0v) is 16.7. The molecule has 27 heavy (non-hydrogen) atoms. The minimum Gasteiger partial charge on any atom is -0.327 e. The molecule has 1 aliphatic carbocycles. The van der Waals surface area contributed by atoms with E-state index in [0.29, 0.717) is 17.2 Å². The molecular weight excluding hydrogens is 384 g/mol. The van der Waals surface area contributed by atoms with Gasteiger partial charge in [-0.05, 0) is 37.5 Å². The molecule has 2 aromatic heterocycles. The number of unbranched alkanes of at least 4 members (excludes halogenated alkanes) is 1. The first-order valence-corrected chi connectivity index (χ1v) is 11.6. The minimum absolute atomic E-state index is 0.0809. The smallest absolute Gasteiger partial charge is 0.238 e. The van der Waals surface area contributed by atoms with Crippen LogP contribution in [0.4, 0.5) is 0 Å². The Morgan fingerprint density at radius 2 is 2.15 bits per heavy atom. The number of aromatic amines is 1. The number of aryl methyl sites for hydroxylation is 1. The highest BCUT2D eigenvalue weighted by Gasteiger charge is 2.27. The fraction of sp³-hybridized carbons (Fsp3) is 0.471. The Morgan fingerprint density at radius 3 is 2.85 bits per heavy atom. The van der Waals surface area contributed by atoms with Crippen molar-refractivity contribution < 1.29 is 8.42 Å². The molecule has 4 rings (SSSR count). The first-order chi connectivity index (χ1) is 13.0. The summed E-state index contributed by atoms with van der Waals surface area (Å²) in [6.45, 7) is 2.97. The highest BCUT2D eigenvalue weighted by molar-refractivity contribution is 7.98. The van der Waals surface area contributed by atoms with Crippen LogP contribution < -0.4 is 5.14 Å². The molecule has 0 bridgehead atoms. The third-order valence-corrected chi connectivity index (χ3v) is 6.39. The van der Waals surface area contributed by atoms with Crippen molar-refractivity contribution >= 4 is 32.8 Å². The highest BCUT2D eigenvalue weighted by atomic mass is 32.2. The number of nitrogens with zero attached hydrogens (tertiary/aromatic N) is 4. The maximum absolute atomic E-state index is 11.6.